The predicted octanol–water partition coefficient (Wildman–Crippen LogP) is 4.11. The molecule has 1 amide bonds. The van der Waals surface area contributed by atoms with Gasteiger partial charge in [0, 0.05) is 6.54 Å². The van der Waals surface area contributed by atoms with Gasteiger partial charge in [-0.15, -0.1) is 0 Å². The second-order valence-corrected chi connectivity index (χ2v) is 8.37. The number of amides is 1. The second kappa shape index (κ2) is 7.32. The second-order valence-electron chi connectivity index (χ2n) is 7.19. The Labute approximate surface area is 136 Å². The first kappa shape index (κ1) is 17.1. The van der Waals surface area contributed by atoms with E-state index in [0.29, 0.717) is 19.2 Å². The first-order valence-corrected chi connectivity index (χ1v) is 9.04. The van der Waals surface area contributed by atoms with E-state index >= 15 is 0 Å². The Morgan fingerprint density at radius 2 is 1.71 bits per heavy atom. The van der Waals surface area contributed by atoms with Crippen LogP contribution < -0.4 is 0 Å². The van der Waals surface area contributed by atoms with E-state index in [2.05, 4.69) is 15.9 Å². The summed E-state index contributed by atoms with van der Waals surface area (Å²) < 4.78 is 11.7. The van der Waals surface area contributed by atoms with Gasteiger partial charge < -0.3 is 14.4 Å². The number of alkyl halides is 1. The lowest BCUT2D eigenvalue weighted by atomic mass is 10.1. The van der Waals surface area contributed by atoms with Gasteiger partial charge in [0.05, 0.1) is 23.6 Å². The average molecular weight is 362 g/mol. The Balaban J connectivity index is 1.84. The number of carbonyl (C=O) groups excluding carboxylic acids is 1. The minimum atomic E-state index is -0.445. The molecule has 21 heavy (non-hydrogen) atoms. The van der Waals surface area contributed by atoms with Gasteiger partial charge in [0.1, 0.15) is 5.60 Å². The maximum Gasteiger partial charge on any atom is 0.410 e. The summed E-state index contributed by atoms with van der Waals surface area (Å²) in [5, 5.41) is 0. The summed E-state index contributed by atoms with van der Waals surface area (Å²) in [4.78, 5) is 14.1. The van der Waals surface area contributed by atoms with E-state index in [1.807, 2.05) is 20.8 Å². The van der Waals surface area contributed by atoms with Gasteiger partial charge in [-0.25, -0.2) is 4.79 Å². The summed E-state index contributed by atoms with van der Waals surface area (Å²) in [6.45, 7) is 6.97. The number of hydrogen-bond acceptors (Lipinski definition) is 3. The summed E-state index contributed by atoms with van der Waals surface area (Å²) in [5.41, 5.74) is -0.445. The SMILES string of the molecule is CC(C)(C)OC(=O)N1CC(Br)C(OC2CCCCCC2)C1. The molecule has 0 spiro atoms. The van der Waals surface area contributed by atoms with Crippen molar-refractivity contribution >= 4 is 22.0 Å². The monoisotopic (exact) mass is 361 g/mol. The number of rotatable bonds is 2. The molecule has 1 aliphatic carbocycles. The Kier molecular flexibility index (Phi) is 5.95. The van der Waals surface area contributed by atoms with Crippen molar-refractivity contribution in [1.29, 1.82) is 0 Å². The molecule has 2 unspecified atom stereocenters. The van der Waals surface area contributed by atoms with Crippen molar-refractivity contribution in [2.45, 2.75) is 81.9 Å². The van der Waals surface area contributed by atoms with Crippen LogP contribution in [-0.2, 0) is 9.47 Å². The number of hydrogen-bond donors (Lipinski definition) is 0. The third-order valence-corrected chi connectivity index (χ3v) is 4.90. The first-order chi connectivity index (χ1) is 9.85. The Morgan fingerprint density at radius 3 is 2.29 bits per heavy atom. The van der Waals surface area contributed by atoms with Crippen LogP contribution in [0.5, 0.6) is 0 Å². The summed E-state index contributed by atoms with van der Waals surface area (Å²) in [6.07, 6.45) is 7.69. The molecule has 0 aromatic rings. The molecule has 1 heterocycles. The molecule has 0 bridgehead atoms. The summed E-state index contributed by atoms with van der Waals surface area (Å²) in [5.74, 6) is 0. The summed E-state index contributed by atoms with van der Waals surface area (Å²) in [6, 6.07) is 0. The molecule has 1 aliphatic heterocycles. The largest absolute Gasteiger partial charge is 0.444 e. The predicted molar refractivity (Wildman–Crippen MR) is 86.9 cm³/mol. The van der Waals surface area contributed by atoms with Crippen LogP contribution in [0.25, 0.3) is 0 Å². The van der Waals surface area contributed by atoms with E-state index < -0.39 is 5.60 Å². The average Bonchev–Trinajstić information content (AvgIpc) is 2.59. The van der Waals surface area contributed by atoms with Crippen molar-refractivity contribution in [2.24, 2.45) is 0 Å². The van der Waals surface area contributed by atoms with Gasteiger partial charge in [0.2, 0.25) is 0 Å². The van der Waals surface area contributed by atoms with Crippen LogP contribution in [0.4, 0.5) is 4.79 Å². The molecule has 2 fully saturated rings. The fourth-order valence-electron chi connectivity index (χ4n) is 2.96. The Hall–Kier alpha value is -0.290. The lowest BCUT2D eigenvalue weighted by molar-refractivity contribution is -0.0148. The van der Waals surface area contributed by atoms with E-state index in [1.165, 1.54) is 25.7 Å². The molecule has 2 atom stereocenters. The third-order valence-electron chi connectivity index (χ3n) is 4.02. The Morgan fingerprint density at radius 1 is 1.10 bits per heavy atom. The minimum Gasteiger partial charge on any atom is -0.444 e. The third kappa shape index (κ3) is 5.44. The molecule has 4 nitrogen and oxygen atoms in total. The molecule has 0 aromatic heterocycles. The van der Waals surface area contributed by atoms with Gasteiger partial charge >= 0.3 is 6.09 Å². The van der Waals surface area contributed by atoms with Gasteiger partial charge in [-0.05, 0) is 33.6 Å². The van der Waals surface area contributed by atoms with E-state index in [1.54, 1.807) is 4.90 Å². The lowest BCUT2D eigenvalue weighted by Crippen LogP contribution is -2.36. The van der Waals surface area contributed by atoms with Crippen molar-refractivity contribution in [3.63, 3.8) is 0 Å². The van der Waals surface area contributed by atoms with Gasteiger partial charge in [0.15, 0.2) is 0 Å². The molecule has 5 heteroatoms. The van der Waals surface area contributed by atoms with Gasteiger partial charge in [-0.3, -0.25) is 0 Å². The first-order valence-electron chi connectivity index (χ1n) is 8.12. The molecular formula is C16H28BrNO3. The number of likely N-dealkylation sites (tertiary alicyclic amines) is 1. The molecule has 0 aromatic carbocycles. The topological polar surface area (TPSA) is 38.8 Å². The highest BCUT2D eigenvalue weighted by Gasteiger charge is 2.37. The zero-order chi connectivity index (χ0) is 15.5. The van der Waals surface area contributed by atoms with E-state index in [-0.39, 0.29) is 17.0 Å². The van der Waals surface area contributed by atoms with Crippen LogP contribution in [0.2, 0.25) is 0 Å². The fraction of sp³-hybridized carbons (Fsp3) is 0.938. The minimum absolute atomic E-state index is 0.0839. The van der Waals surface area contributed by atoms with Crippen molar-refractivity contribution in [1.82, 2.24) is 4.90 Å². The van der Waals surface area contributed by atoms with Gasteiger partial charge in [-0.2, -0.15) is 0 Å². The van der Waals surface area contributed by atoms with Crippen LogP contribution in [-0.4, -0.2) is 46.7 Å². The van der Waals surface area contributed by atoms with Crippen LogP contribution in [0.1, 0.15) is 59.3 Å². The normalized spacial score (nSPS) is 28.5. The van der Waals surface area contributed by atoms with E-state index in [9.17, 15) is 4.79 Å². The zero-order valence-electron chi connectivity index (χ0n) is 13.4. The van der Waals surface area contributed by atoms with Crippen LogP contribution >= 0.6 is 15.9 Å². The maximum absolute atomic E-state index is 12.1. The summed E-state index contributed by atoms with van der Waals surface area (Å²) >= 11 is 3.66. The lowest BCUT2D eigenvalue weighted by Gasteiger charge is -2.25. The highest BCUT2D eigenvalue weighted by Crippen LogP contribution is 2.27. The molecule has 0 radical (unpaired) electrons. The molecule has 1 saturated carbocycles. The van der Waals surface area contributed by atoms with Crippen molar-refractivity contribution in [3.8, 4) is 0 Å². The maximum atomic E-state index is 12.1. The zero-order valence-corrected chi connectivity index (χ0v) is 15.0. The number of nitrogens with zero attached hydrogens (tertiary/aromatic N) is 1. The molecule has 122 valence electrons. The van der Waals surface area contributed by atoms with Crippen LogP contribution in [0.15, 0.2) is 0 Å². The van der Waals surface area contributed by atoms with Crippen LogP contribution in [0.3, 0.4) is 0 Å². The molecule has 2 aliphatic rings. The standard InChI is InChI=1S/C16H28BrNO3/c1-16(2,3)21-15(19)18-10-13(17)14(11-18)20-12-8-6-4-5-7-9-12/h12-14H,4-11H2,1-3H3. The quantitative estimate of drug-likeness (QED) is 0.548. The molecule has 2 rings (SSSR count). The molecule has 1 saturated heterocycles. The molecular weight excluding hydrogens is 334 g/mol. The van der Waals surface area contributed by atoms with E-state index in [4.69, 9.17) is 9.47 Å². The highest BCUT2D eigenvalue weighted by atomic mass is 79.9. The smallest absolute Gasteiger partial charge is 0.410 e. The number of ether oxygens (including phenoxy) is 2. The van der Waals surface area contributed by atoms with Gasteiger partial charge in [-0.1, -0.05) is 41.6 Å². The van der Waals surface area contributed by atoms with Crippen molar-refractivity contribution in [2.75, 3.05) is 13.1 Å². The van der Waals surface area contributed by atoms with Crippen molar-refractivity contribution < 1.29 is 14.3 Å². The van der Waals surface area contributed by atoms with Crippen LogP contribution in [0, 0.1) is 0 Å². The van der Waals surface area contributed by atoms with E-state index in [0.717, 1.165) is 12.8 Å². The Bertz CT molecular complexity index is 348. The van der Waals surface area contributed by atoms with Gasteiger partial charge in [0.25, 0.3) is 0 Å². The summed E-state index contributed by atoms with van der Waals surface area (Å²) in [7, 11) is 0. The number of halogens is 1. The fourth-order valence-corrected chi connectivity index (χ4v) is 3.60. The van der Waals surface area contributed by atoms with Crippen molar-refractivity contribution in [3.05, 3.63) is 0 Å². The number of carbonyl (C=O) groups is 1. The molecule has 0 N–H and O–H groups in total. The highest BCUT2D eigenvalue weighted by molar-refractivity contribution is 9.09.